The fourth-order valence-corrected chi connectivity index (χ4v) is 1.96. The molecule has 0 bridgehead atoms. The Bertz CT molecular complexity index is 201. The van der Waals surface area contributed by atoms with Crippen LogP contribution in [-0.2, 0) is 27.4 Å². The van der Waals surface area contributed by atoms with Gasteiger partial charge in [0.2, 0.25) is 0 Å². The molecule has 0 atom stereocenters. The minimum absolute atomic E-state index is 0.186. The Labute approximate surface area is 81.7 Å². The summed E-state index contributed by atoms with van der Waals surface area (Å²) in [7, 11) is 6.56. The molecule has 5 heteroatoms. The second-order valence-corrected chi connectivity index (χ2v) is 4.36. The summed E-state index contributed by atoms with van der Waals surface area (Å²) in [5, 5.41) is 0. The van der Waals surface area contributed by atoms with Gasteiger partial charge >= 0.3 is 81.4 Å². The van der Waals surface area contributed by atoms with Crippen LogP contribution in [0.25, 0.3) is 0 Å². The van der Waals surface area contributed by atoms with E-state index < -0.39 is 0 Å². The predicted octanol–water partition coefficient (Wildman–Crippen LogP) is -1.12. The van der Waals surface area contributed by atoms with E-state index in [1.807, 2.05) is 0 Å². The van der Waals surface area contributed by atoms with Crippen LogP contribution in [0.5, 0.6) is 0 Å². The molecule has 0 aliphatic heterocycles. The van der Waals surface area contributed by atoms with E-state index in [4.69, 9.17) is 0 Å². The molecule has 0 unspecified atom stereocenters. The van der Waals surface area contributed by atoms with Crippen molar-refractivity contribution in [2.24, 2.45) is 0 Å². The summed E-state index contributed by atoms with van der Waals surface area (Å²) in [6, 6.07) is 0. The van der Waals surface area contributed by atoms with E-state index >= 15 is 0 Å². The van der Waals surface area contributed by atoms with Gasteiger partial charge in [-0.15, -0.1) is 0 Å². The van der Waals surface area contributed by atoms with E-state index in [9.17, 15) is 9.59 Å². The normalized spacial score (nSPS) is 9.17. The SMILES string of the molecule is CN(C)C(=O)[C](=[Zn])C(=O)N(C)C. The van der Waals surface area contributed by atoms with E-state index in [0.717, 1.165) is 0 Å². The Hall–Kier alpha value is -0.567. The average Bonchev–Trinajstić information content (AvgIpc) is 2.00. The van der Waals surface area contributed by atoms with Crippen molar-refractivity contribution >= 4 is 15.9 Å². The van der Waals surface area contributed by atoms with Gasteiger partial charge in [-0.05, 0) is 0 Å². The molecule has 0 aromatic rings. The predicted molar refractivity (Wildman–Crippen MR) is 42.4 cm³/mol. The van der Waals surface area contributed by atoms with Crippen molar-refractivity contribution in [2.75, 3.05) is 28.2 Å². The van der Waals surface area contributed by atoms with Gasteiger partial charge < -0.3 is 0 Å². The van der Waals surface area contributed by atoms with Crippen molar-refractivity contribution < 1.29 is 27.4 Å². The molecule has 0 aromatic heterocycles. The summed E-state index contributed by atoms with van der Waals surface area (Å²) >= 11 is 0.591. The van der Waals surface area contributed by atoms with Crippen molar-refractivity contribution in [1.82, 2.24) is 9.80 Å². The van der Waals surface area contributed by atoms with Crippen LogP contribution in [0.1, 0.15) is 0 Å². The van der Waals surface area contributed by atoms with E-state index in [0.29, 0.717) is 22.0 Å². The average molecular weight is 222 g/mol. The second-order valence-electron chi connectivity index (χ2n) is 2.88. The zero-order valence-corrected chi connectivity index (χ0v) is 10.9. The van der Waals surface area contributed by atoms with Gasteiger partial charge in [-0.25, -0.2) is 0 Å². The van der Waals surface area contributed by atoms with Gasteiger partial charge in [-0.3, -0.25) is 0 Å². The Balaban J connectivity index is 4.41. The van der Waals surface area contributed by atoms with Crippen molar-refractivity contribution in [3.8, 4) is 0 Å². The third-order valence-corrected chi connectivity index (χ3v) is 2.60. The molecule has 64 valence electrons. The van der Waals surface area contributed by atoms with Gasteiger partial charge in [0, 0.05) is 0 Å². The molecular weight excluding hydrogens is 209 g/mol. The molecule has 2 amide bonds. The molecule has 0 spiro atoms. The molecule has 0 rings (SSSR count). The summed E-state index contributed by atoms with van der Waals surface area (Å²) in [5.74, 6) is -0.373. The Morgan fingerprint density at radius 3 is 1.33 bits per heavy atom. The molecule has 0 N–H and O–H groups in total. The standard InChI is InChI=1S/C7H12N2O2.Zn/c1-8(2)6(10)5-7(11)9(3)4;/h1-4H3;. The van der Waals surface area contributed by atoms with Gasteiger partial charge in [0.1, 0.15) is 0 Å². The molecule has 4 nitrogen and oxygen atoms in total. The summed E-state index contributed by atoms with van der Waals surface area (Å²) in [6.07, 6.45) is 0. The van der Waals surface area contributed by atoms with Crippen LogP contribution >= 0.6 is 0 Å². The molecule has 0 fully saturated rings. The van der Waals surface area contributed by atoms with Crippen molar-refractivity contribution in [2.45, 2.75) is 0 Å². The monoisotopic (exact) mass is 220 g/mol. The number of hydrogen-bond acceptors (Lipinski definition) is 2. The summed E-state index contributed by atoms with van der Waals surface area (Å²) in [4.78, 5) is 25.4. The van der Waals surface area contributed by atoms with Crippen LogP contribution < -0.4 is 0 Å². The molecular formula is C7H12N2O2Zn. The Morgan fingerprint density at radius 2 is 1.17 bits per heavy atom. The molecule has 0 aliphatic rings. The zero-order valence-electron chi connectivity index (χ0n) is 7.92. The third-order valence-electron chi connectivity index (χ3n) is 1.33. The summed E-state index contributed by atoms with van der Waals surface area (Å²) in [6.45, 7) is 0. The molecule has 12 heavy (non-hydrogen) atoms. The van der Waals surface area contributed by atoms with Crippen molar-refractivity contribution in [3.05, 3.63) is 0 Å². The second kappa shape index (κ2) is 4.46. The first-order valence-electron chi connectivity index (χ1n) is 3.50. The van der Waals surface area contributed by atoms with Crippen LogP contribution in [0.4, 0.5) is 0 Å². The van der Waals surface area contributed by atoms with E-state index in [2.05, 4.69) is 0 Å². The van der Waals surface area contributed by atoms with Gasteiger partial charge in [-0.1, -0.05) is 0 Å². The first-order valence-corrected chi connectivity index (χ1v) is 4.98. The van der Waals surface area contributed by atoms with Crippen molar-refractivity contribution in [1.29, 1.82) is 0 Å². The fourth-order valence-electron chi connectivity index (χ4n) is 0.631. The topological polar surface area (TPSA) is 40.6 Å². The zero-order chi connectivity index (χ0) is 9.89. The summed E-state index contributed by atoms with van der Waals surface area (Å²) < 4.78 is 0.366. The Morgan fingerprint density at radius 1 is 0.917 bits per heavy atom. The van der Waals surface area contributed by atoms with Crippen LogP contribution in [0, 0.1) is 0 Å². The van der Waals surface area contributed by atoms with Crippen LogP contribution in [0.3, 0.4) is 0 Å². The van der Waals surface area contributed by atoms with Gasteiger partial charge in [0.05, 0.1) is 0 Å². The van der Waals surface area contributed by atoms with Crippen LogP contribution in [-0.4, -0.2) is 53.9 Å². The molecule has 0 saturated carbocycles. The molecule has 0 aliphatic carbocycles. The fraction of sp³-hybridized carbons (Fsp3) is 0.571. The molecule has 0 aromatic carbocycles. The molecule has 0 radical (unpaired) electrons. The third kappa shape index (κ3) is 2.82. The van der Waals surface area contributed by atoms with E-state index in [1.165, 1.54) is 9.80 Å². The first-order chi connectivity index (χ1) is 5.37. The first kappa shape index (κ1) is 11.4. The van der Waals surface area contributed by atoms with Crippen molar-refractivity contribution in [3.63, 3.8) is 0 Å². The van der Waals surface area contributed by atoms with Crippen LogP contribution in [0.2, 0.25) is 0 Å². The minimum atomic E-state index is -0.186. The number of carbonyl (C=O) groups is 2. The summed E-state index contributed by atoms with van der Waals surface area (Å²) in [5.41, 5.74) is 0. The maximum atomic E-state index is 11.3. The number of nitrogens with zero attached hydrogens (tertiary/aromatic N) is 2. The number of hydrogen-bond donors (Lipinski definition) is 0. The molecule has 0 saturated heterocycles. The van der Waals surface area contributed by atoms with Crippen LogP contribution in [0.15, 0.2) is 0 Å². The van der Waals surface area contributed by atoms with Gasteiger partial charge in [0.15, 0.2) is 0 Å². The number of carbonyl (C=O) groups excluding carboxylic acids is 2. The number of amides is 2. The number of rotatable bonds is 2. The quantitative estimate of drug-likeness (QED) is 0.438. The van der Waals surface area contributed by atoms with E-state index in [-0.39, 0.29) is 11.8 Å². The van der Waals surface area contributed by atoms with E-state index in [1.54, 1.807) is 28.2 Å². The van der Waals surface area contributed by atoms with Gasteiger partial charge in [-0.2, -0.15) is 0 Å². The van der Waals surface area contributed by atoms with Gasteiger partial charge in [0.25, 0.3) is 0 Å². The molecule has 0 heterocycles. The maximum absolute atomic E-state index is 11.3. The Kier molecular flexibility index (Phi) is 4.25.